The number of nitrogens with zero attached hydrogens (tertiary/aromatic N) is 1. The van der Waals surface area contributed by atoms with E-state index < -0.39 is 0 Å². The Kier molecular flexibility index (Phi) is 4.20. The number of benzene rings is 2. The number of aromatic hydroxyl groups is 1. The summed E-state index contributed by atoms with van der Waals surface area (Å²) in [5.74, 6) is -0.140. The standard InChI is InChI=1S/C19H17NO3S/c1-11-5-4-6-16(12(11)2)20-18(22)17(24-19(20)23)13(3)14-7-9-15(21)10-8-14/h4-10,21H,1-3H3/b17-13-. The number of imide groups is 1. The molecule has 4 nitrogen and oxygen atoms in total. The van der Waals surface area contributed by atoms with Gasteiger partial charge in [-0.05, 0) is 73.0 Å². The number of amides is 2. The molecule has 1 aliphatic rings. The predicted molar refractivity (Wildman–Crippen MR) is 97.1 cm³/mol. The van der Waals surface area contributed by atoms with Crippen LogP contribution in [-0.4, -0.2) is 16.3 Å². The maximum absolute atomic E-state index is 12.8. The molecule has 2 aromatic carbocycles. The average molecular weight is 339 g/mol. The van der Waals surface area contributed by atoms with Crippen molar-refractivity contribution in [1.29, 1.82) is 0 Å². The number of allylic oxidation sites excluding steroid dienone is 1. The highest BCUT2D eigenvalue weighted by Crippen LogP contribution is 2.40. The Labute approximate surface area is 144 Å². The van der Waals surface area contributed by atoms with Crippen molar-refractivity contribution in [3.8, 4) is 5.75 Å². The first kappa shape index (κ1) is 16.3. The SMILES string of the molecule is C/C(=C1/SC(=O)N(c2cccc(C)c2C)C1=O)c1ccc(O)cc1. The van der Waals surface area contributed by atoms with Crippen molar-refractivity contribution in [2.75, 3.05) is 4.90 Å². The Morgan fingerprint density at radius 2 is 1.71 bits per heavy atom. The van der Waals surface area contributed by atoms with Crippen LogP contribution in [0.4, 0.5) is 10.5 Å². The van der Waals surface area contributed by atoms with E-state index >= 15 is 0 Å². The summed E-state index contributed by atoms with van der Waals surface area (Å²) < 4.78 is 0. The molecular formula is C19H17NO3S. The van der Waals surface area contributed by atoms with E-state index in [4.69, 9.17) is 0 Å². The Bertz CT molecular complexity index is 869. The van der Waals surface area contributed by atoms with Crippen molar-refractivity contribution in [3.63, 3.8) is 0 Å². The third-order valence-electron chi connectivity index (χ3n) is 4.23. The lowest BCUT2D eigenvalue weighted by Gasteiger charge is -2.16. The number of carbonyl (C=O) groups excluding carboxylic acids is 2. The number of phenolic OH excluding ortho intramolecular Hbond substituents is 1. The van der Waals surface area contributed by atoms with Crippen molar-refractivity contribution in [2.45, 2.75) is 20.8 Å². The van der Waals surface area contributed by atoms with Crippen LogP contribution in [0.3, 0.4) is 0 Å². The fourth-order valence-corrected chi connectivity index (χ4v) is 3.52. The molecule has 1 aliphatic heterocycles. The Morgan fingerprint density at radius 3 is 2.38 bits per heavy atom. The van der Waals surface area contributed by atoms with Crippen molar-refractivity contribution < 1.29 is 14.7 Å². The lowest BCUT2D eigenvalue weighted by Crippen LogP contribution is -2.28. The molecule has 0 spiro atoms. The van der Waals surface area contributed by atoms with Crippen LogP contribution >= 0.6 is 11.8 Å². The minimum absolute atomic E-state index is 0.162. The molecule has 0 unspecified atom stereocenters. The van der Waals surface area contributed by atoms with Gasteiger partial charge in [-0.15, -0.1) is 0 Å². The third-order valence-corrected chi connectivity index (χ3v) is 5.27. The predicted octanol–water partition coefficient (Wildman–Crippen LogP) is 4.64. The second-order valence-corrected chi connectivity index (χ2v) is 6.69. The topological polar surface area (TPSA) is 57.6 Å². The van der Waals surface area contributed by atoms with Gasteiger partial charge in [-0.1, -0.05) is 24.3 Å². The number of carbonyl (C=O) groups is 2. The molecule has 2 amide bonds. The highest BCUT2D eigenvalue weighted by atomic mass is 32.2. The summed E-state index contributed by atoms with van der Waals surface area (Å²) in [4.78, 5) is 26.9. The molecule has 3 rings (SSSR count). The second-order valence-electron chi connectivity index (χ2n) is 5.73. The van der Waals surface area contributed by atoms with Crippen LogP contribution in [0.1, 0.15) is 23.6 Å². The van der Waals surface area contributed by atoms with Crippen LogP contribution < -0.4 is 4.90 Å². The molecule has 0 radical (unpaired) electrons. The maximum Gasteiger partial charge on any atom is 0.298 e. The van der Waals surface area contributed by atoms with E-state index in [1.54, 1.807) is 30.3 Å². The Balaban J connectivity index is 2.04. The Morgan fingerprint density at radius 1 is 1.04 bits per heavy atom. The summed E-state index contributed by atoms with van der Waals surface area (Å²) in [6.45, 7) is 5.67. The fraction of sp³-hybridized carbons (Fsp3) is 0.158. The van der Waals surface area contributed by atoms with Gasteiger partial charge in [0.05, 0.1) is 10.6 Å². The number of phenols is 1. The van der Waals surface area contributed by atoms with E-state index in [0.29, 0.717) is 10.6 Å². The summed E-state index contributed by atoms with van der Waals surface area (Å²) in [5.41, 5.74) is 4.12. The normalized spacial score (nSPS) is 16.7. The Hall–Kier alpha value is -2.53. The molecule has 122 valence electrons. The van der Waals surface area contributed by atoms with Gasteiger partial charge in [0.15, 0.2) is 0 Å². The molecule has 2 aromatic rings. The molecule has 1 fully saturated rings. The van der Waals surface area contributed by atoms with Crippen molar-refractivity contribution in [3.05, 3.63) is 64.1 Å². The van der Waals surface area contributed by atoms with Gasteiger partial charge < -0.3 is 5.11 Å². The van der Waals surface area contributed by atoms with Gasteiger partial charge in [0.25, 0.3) is 11.1 Å². The molecule has 1 N–H and O–H groups in total. The molecule has 1 saturated heterocycles. The third kappa shape index (κ3) is 2.71. The highest BCUT2D eigenvalue weighted by molar-refractivity contribution is 8.19. The van der Waals surface area contributed by atoms with Crippen LogP contribution in [0.25, 0.3) is 5.57 Å². The first-order valence-corrected chi connectivity index (χ1v) is 8.34. The fourth-order valence-electron chi connectivity index (χ4n) is 2.63. The lowest BCUT2D eigenvalue weighted by atomic mass is 10.1. The summed E-state index contributed by atoms with van der Waals surface area (Å²) in [6.07, 6.45) is 0. The molecule has 0 bridgehead atoms. The van der Waals surface area contributed by atoms with Gasteiger partial charge in [0, 0.05) is 0 Å². The zero-order chi connectivity index (χ0) is 17.4. The molecule has 1 heterocycles. The van der Waals surface area contributed by atoms with Crippen LogP contribution in [0.5, 0.6) is 5.75 Å². The first-order chi connectivity index (χ1) is 11.4. The number of anilines is 1. The van der Waals surface area contributed by atoms with Crippen molar-refractivity contribution in [2.24, 2.45) is 0 Å². The number of aryl methyl sites for hydroxylation is 1. The molecule has 0 saturated carbocycles. The summed E-state index contributed by atoms with van der Waals surface area (Å²) >= 11 is 0.953. The van der Waals surface area contributed by atoms with Gasteiger partial charge in [-0.25, -0.2) is 4.90 Å². The van der Waals surface area contributed by atoms with Gasteiger partial charge in [0.2, 0.25) is 0 Å². The zero-order valence-corrected chi connectivity index (χ0v) is 14.5. The molecule has 0 atom stereocenters. The monoisotopic (exact) mass is 339 g/mol. The van der Waals surface area contributed by atoms with Gasteiger partial charge >= 0.3 is 0 Å². The van der Waals surface area contributed by atoms with Gasteiger partial charge in [0.1, 0.15) is 5.75 Å². The van der Waals surface area contributed by atoms with E-state index in [0.717, 1.165) is 34.0 Å². The largest absolute Gasteiger partial charge is 0.508 e. The number of hydrogen-bond donors (Lipinski definition) is 1. The van der Waals surface area contributed by atoms with Gasteiger partial charge in [-0.3, -0.25) is 9.59 Å². The van der Waals surface area contributed by atoms with Crippen LogP contribution in [0.15, 0.2) is 47.4 Å². The molecule has 0 aliphatic carbocycles. The number of hydrogen-bond acceptors (Lipinski definition) is 4. The van der Waals surface area contributed by atoms with E-state index in [1.807, 2.05) is 32.9 Å². The first-order valence-electron chi connectivity index (χ1n) is 7.53. The summed E-state index contributed by atoms with van der Waals surface area (Å²) in [6, 6.07) is 12.2. The van der Waals surface area contributed by atoms with E-state index in [2.05, 4.69) is 0 Å². The van der Waals surface area contributed by atoms with Crippen molar-refractivity contribution in [1.82, 2.24) is 0 Å². The molecule has 0 aromatic heterocycles. The maximum atomic E-state index is 12.8. The van der Waals surface area contributed by atoms with Crippen LogP contribution in [-0.2, 0) is 4.79 Å². The molecular weight excluding hydrogens is 322 g/mol. The minimum Gasteiger partial charge on any atom is -0.508 e. The van der Waals surface area contributed by atoms with E-state index in [-0.39, 0.29) is 16.9 Å². The smallest absolute Gasteiger partial charge is 0.298 e. The number of rotatable bonds is 2. The van der Waals surface area contributed by atoms with Crippen LogP contribution in [0, 0.1) is 13.8 Å². The minimum atomic E-state index is -0.302. The lowest BCUT2D eigenvalue weighted by molar-refractivity contribution is -0.113. The quantitative estimate of drug-likeness (QED) is 0.810. The van der Waals surface area contributed by atoms with Crippen molar-refractivity contribution >= 4 is 34.2 Å². The van der Waals surface area contributed by atoms with E-state index in [1.165, 1.54) is 4.90 Å². The molecule has 24 heavy (non-hydrogen) atoms. The van der Waals surface area contributed by atoms with Crippen LogP contribution in [0.2, 0.25) is 0 Å². The second kappa shape index (κ2) is 6.17. The van der Waals surface area contributed by atoms with Gasteiger partial charge in [-0.2, -0.15) is 0 Å². The highest BCUT2D eigenvalue weighted by Gasteiger charge is 2.38. The zero-order valence-electron chi connectivity index (χ0n) is 13.7. The summed E-state index contributed by atoms with van der Waals surface area (Å²) in [7, 11) is 0. The molecule has 5 heteroatoms. The number of thioether (sulfide) groups is 1. The van der Waals surface area contributed by atoms with E-state index in [9.17, 15) is 14.7 Å². The summed E-state index contributed by atoms with van der Waals surface area (Å²) in [5, 5.41) is 9.10. The average Bonchev–Trinajstić information content (AvgIpc) is 2.85.